The topological polar surface area (TPSA) is 29.3 Å². The third kappa shape index (κ3) is 1.59. The summed E-state index contributed by atoms with van der Waals surface area (Å²) in [5.74, 6) is 2.14. The Morgan fingerprint density at radius 2 is 1.86 bits per heavy atom. The van der Waals surface area contributed by atoms with Crippen LogP contribution in [-0.4, -0.2) is 30.1 Å². The van der Waals surface area contributed by atoms with Crippen LogP contribution in [-0.2, 0) is 0 Å². The van der Waals surface area contributed by atoms with Gasteiger partial charge in [-0.05, 0) is 43.9 Å². The van der Waals surface area contributed by atoms with Crippen LogP contribution in [0.2, 0.25) is 0 Å². The zero-order valence-electron chi connectivity index (χ0n) is 8.99. The van der Waals surface area contributed by atoms with Crippen LogP contribution < -0.4 is 5.73 Å². The second-order valence-corrected chi connectivity index (χ2v) is 5.54. The number of likely N-dealkylation sites (tertiary alicyclic amines) is 1. The summed E-state index contributed by atoms with van der Waals surface area (Å²) in [7, 11) is 0. The van der Waals surface area contributed by atoms with Gasteiger partial charge in [0, 0.05) is 25.2 Å². The summed E-state index contributed by atoms with van der Waals surface area (Å²) in [4.78, 5) is 2.70. The van der Waals surface area contributed by atoms with Crippen LogP contribution in [0.15, 0.2) is 0 Å². The smallest absolute Gasteiger partial charge is 0.0180 e. The fourth-order valence-electron chi connectivity index (χ4n) is 3.61. The predicted octanol–water partition coefficient (Wildman–Crippen LogP) is 1.60. The van der Waals surface area contributed by atoms with Gasteiger partial charge in [0.25, 0.3) is 0 Å². The molecule has 0 aromatic heterocycles. The lowest BCUT2D eigenvalue weighted by atomic mass is 9.97. The Hall–Kier alpha value is -0.0800. The van der Waals surface area contributed by atoms with Crippen LogP contribution in [0.25, 0.3) is 0 Å². The van der Waals surface area contributed by atoms with E-state index in [2.05, 4.69) is 4.90 Å². The Bertz CT molecular complexity index is 212. The van der Waals surface area contributed by atoms with Crippen molar-refractivity contribution in [1.29, 1.82) is 0 Å². The van der Waals surface area contributed by atoms with E-state index in [1.54, 1.807) is 0 Å². The van der Waals surface area contributed by atoms with Gasteiger partial charge in [0.1, 0.15) is 0 Å². The van der Waals surface area contributed by atoms with Gasteiger partial charge in [-0.2, -0.15) is 0 Å². The van der Waals surface area contributed by atoms with Gasteiger partial charge < -0.3 is 5.73 Å². The first kappa shape index (κ1) is 9.17. The highest BCUT2D eigenvalue weighted by molar-refractivity contribution is 4.96. The third-order valence-electron chi connectivity index (χ3n) is 4.48. The van der Waals surface area contributed by atoms with Crippen molar-refractivity contribution < 1.29 is 0 Å². The van der Waals surface area contributed by atoms with Gasteiger partial charge in [-0.15, -0.1) is 0 Å². The highest BCUT2D eigenvalue weighted by atomic mass is 15.2. The zero-order valence-corrected chi connectivity index (χ0v) is 8.99. The van der Waals surface area contributed by atoms with E-state index in [0.29, 0.717) is 6.04 Å². The second-order valence-electron chi connectivity index (χ2n) is 5.54. The fraction of sp³-hybridized carbons (Fsp3) is 1.00. The zero-order chi connectivity index (χ0) is 9.54. The summed E-state index contributed by atoms with van der Waals surface area (Å²) < 4.78 is 0. The molecule has 3 fully saturated rings. The van der Waals surface area contributed by atoms with Gasteiger partial charge in [-0.3, -0.25) is 4.90 Å². The second kappa shape index (κ2) is 3.49. The molecule has 2 unspecified atom stereocenters. The van der Waals surface area contributed by atoms with Gasteiger partial charge in [-0.25, -0.2) is 0 Å². The van der Waals surface area contributed by atoms with E-state index >= 15 is 0 Å². The number of rotatable bonds is 2. The quantitative estimate of drug-likeness (QED) is 0.723. The van der Waals surface area contributed by atoms with Crippen molar-refractivity contribution in [2.24, 2.45) is 17.6 Å². The number of nitrogens with zero attached hydrogens (tertiary/aromatic N) is 1. The van der Waals surface area contributed by atoms with Gasteiger partial charge in [0.2, 0.25) is 0 Å². The van der Waals surface area contributed by atoms with E-state index in [4.69, 9.17) is 5.73 Å². The highest BCUT2D eigenvalue weighted by Gasteiger charge is 2.42. The van der Waals surface area contributed by atoms with Crippen molar-refractivity contribution in [2.75, 3.05) is 13.1 Å². The van der Waals surface area contributed by atoms with Crippen molar-refractivity contribution in [3.63, 3.8) is 0 Å². The average molecular weight is 194 g/mol. The summed E-state index contributed by atoms with van der Waals surface area (Å²) in [6, 6.07) is 1.38. The molecule has 2 saturated carbocycles. The molecule has 0 bridgehead atoms. The Morgan fingerprint density at radius 1 is 1.00 bits per heavy atom. The lowest BCUT2D eigenvalue weighted by Gasteiger charge is -2.29. The SMILES string of the molecule is N[C@H]1CCN(C2CCCC2C2CC2)C1. The predicted molar refractivity (Wildman–Crippen MR) is 58.0 cm³/mol. The standard InChI is InChI=1S/C12H22N2/c13-10-6-7-14(8-10)12-3-1-2-11(12)9-4-5-9/h9-12H,1-8,13H2/t10-,11?,12?/m0/s1. The minimum absolute atomic E-state index is 0.468. The summed E-state index contributed by atoms with van der Waals surface area (Å²) in [5, 5.41) is 0. The van der Waals surface area contributed by atoms with Crippen molar-refractivity contribution in [3.8, 4) is 0 Å². The molecule has 2 N–H and O–H groups in total. The first-order valence-electron chi connectivity index (χ1n) is 6.34. The maximum Gasteiger partial charge on any atom is 0.0180 e. The minimum Gasteiger partial charge on any atom is -0.326 e. The molecule has 1 saturated heterocycles. The van der Waals surface area contributed by atoms with Gasteiger partial charge >= 0.3 is 0 Å². The van der Waals surface area contributed by atoms with Crippen LogP contribution in [0.5, 0.6) is 0 Å². The molecule has 0 aromatic carbocycles. The van der Waals surface area contributed by atoms with Crippen molar-refractivity contribution in [1.82, 2.24) is 4.90 Å². The molecule has 1 aliphatic heterocycles. The summed E-state index contributed by atoms with van der Waals surface area (Å²) in [6.45, 7) is 2.45. The molecule has 0 spiro atoms. The summed E-state index contributed by atoms with van der Waals surface area (Å²) in [6.07, 6.45) is 8.68. The number of hydrogen-bond donors (Lipinski definition) is 1. The molecule has 14 heavy (non-hydrogen) atoms. The third-order valence-corrected chi connectivity index (χ3v) is 4.48. The molecular weight excluding hydrogens is 172 g/mol. The van der Waals surface area contributed by atoms with Gasteiger partial charge in [-0.1, -0.05) is 6.42 Å². The van der Waals surface area contributed by atoms with Crippen LogP contribution >= 0.6 is 0 Å². The number of hydrogen-bond acceptors (Lipinski definition) is 2. The van der Waals surface area contributed by atoms with E-state index < -0.39 is 0 Å². The molecule has 0 amide bonds. The van der Waals surface area contributed by atoms with Crippen molar-refractivity contribution in [2.45, 2.75) is 50.6 Å². The van der Waals surface area contributed by atoms with E-state index in [9.17, 15) is 0 Å². The molecule has 3 rings (SSSR count). The molecule has 80 valence electrons. The minimum atomic E-state index is 0.468. The molecule has 2 aliphatic carbocycles. The van der Waals surface area contributed by atoms with Crippen molar-refractivity contribution >= 4 is 0 Å². The largest absolute Gasteiger partial charge is 0.326 e. The number of nitrogens with two attached hydrogens (primary N) is 1. The molecule has 0 radical (unpaired) electrons. The van der Waals surface area contributed by atoms with Crippen LogP contribution in [0, 0.1) is 11.8 Å². The normalized spacial score (nSPS) is 44.8. The Morgan fingerprint density at radius 3 is 2.50 bits per heavy atom. The summed E-state index contributed by atoms with van der Waals surface area (Å²) >= 11 is 0. The summed E-state index contributed by atoms with van der Waals surface area (Å²) in [5.41, 5.74) is 5.99. The van der Waals surface area contributed by atoms with Crippen LogP contribution in [0.4, 0.5) is 0 Å². The maximum absolute atomic E-state index is 5.99. The Kier molecular flexibility index (Phi) is 2.29. The maximum atomic E-state index is 5.99. The molecule has 0 aromatic rings. The highest BCUT2D eigenvalue weighted by Crippen LogP contribution is 2.47. The van der Waals surface area contributed by atoms with Crippen LogP contribution in [0.3, 0.4) is 0 Å². The Balaban J connectivity index is 1.64. The van der Waals surface area contributed by atoms with E-state index in [0.717, 1.165) is 17.9 Å². The molecule has 1 heterocycles. The average Bonchev–Trinajstić information content (AvgIpc) is 2.75. The van der Waals surface area contributed by atoms with Gasteiger partial charge in [0.15, 0.2) is 0 Å². The first-order valence-corrected chi connectivity index (χ1v) is 6.34. The molecule has 3 aliphatic rings. The lowest BCUT2D eigenvalue weighted by Crippen LogP contribution is -2.38. The van der Waals surface area contributed by atoms with Crippen molar-refractivity contribution in [3.05, 3.63) is 0 Å². The molecule has 3 atom stereocenters. The fourth-order valence-corrected chi connectivity index (χ4v) is 3.61. The van der Waals surface area contributed by atoms with E-state index in [-0.39, 0.29) is 0 Å². The molecule has 2 nitrogen and oxygen atoms in total. The van der Waals surface area contributed by atoms with Crippen LogP contribution in [0.1, 0.15) is 38.5 Å². The first-order chi connectivity index (χ1) is 6.84. The van der Waals surface area contributed by atoms with Gasteiger partial charge in [0.05, 0.1) is 0 Å². The van der Waals surface area contributed by atoms with E-state index in [1.165, 1.54) is 51.6 Å². The lowest BCUT2D eigenvalue weighted by molar-refractivity contribution is 0.181. The van der Waals surface area contributed by atoms with E-state index in [1.807, 2.05) is 0 Å². The monoisotopic (exact) mass is 194 g/mol. The molecule has 2 heteroatoms. The Labute approximate surface area is 86.8 Å². The molecular formula is C12H22N2.